The van der Waals surface area contributed by atoms with E-state index in [2.05, 4.69) is 15.5 Å². The Balaban J connectivity index is 1.47. The lowest BCUT2D eigenvalue weighted by molar-refractivity contribution is -0.117. The Labute approximate surface area is 138 Å². The van der Waals surface area contributed by atoms with E-state index in [0.717, 1.165) is 22.0 Å². The third kappa shape index (κ3) is 2.69. The third-order valence-electron chi connectivity index (χ3n) is 4.36. The zero-order valence-corrected chi connectivity index (χ0v) is 12.9. The van der Waals surface area contributed by atoms with Gasteiger partial charge in [0.05, 0.1) is 17.8 Å². The Morgan fingerprint density at radius 2 is 2.08 bits per heavy atom. The van der Waals surface area contributed by atoms with E-state index < -0.39 is 6.17 Å². The average Bonchev–Trinajstić information content (AvgIpc) is 3.18. The summed E-state index contributed by atoms with van der Waals surface area (Å²) in [5.41, 5.74) is 3.36. The number of alkyl halides is 1. The van der Waals surface area contributed by atoms with Gasteiger partial charge in [-0.15, -0.1) is 0 Å². The summed E-state index contributed by atoms with van der Waals surface area (Å²) in [6.45, 7) is 0. The first-order chi connectivity index (χ1) is 11.7. The smallest absolute Gasteiger partial charge is 0.244 e. The van der Waals surface area contributed by atoms with Crippen LogP contribution in [-0.4, -0.2) is 16.1 Å². The van der Waals surface area contributed by atoms with Crippen molar-refractivity contribution in [1.29, 1.82) is 0 Å². The molecule has 2 N–H and O–H groups in total. The first-order valence-electron chi connectivity index (χ1n) is 7.85. The zero-order valence-electron chi connectivity index (χ0n) is 12.9. The third-order valence-corrected chi connectivity index (χ3v) is 4.36. The van der Waals surface area contributed by atoms with Gasteiger partial charge in [0.25, 0.3) is 0 Å². The van der Waals surface area contributed by atoms with Gasteiger partial charge in [0.1, 0.15) is 6.17 Å². The molecule has 2 atom stereocenters. The Morgan fingerprint density at radius 1 is 1.25 bits per heavy atom. The van der Waals surface area contributed by atoms with Crippen LogP contribution in [0.25, 0.3) is 17.0 Å². The fourth-order valence-electron chi connectivity index (χ4n) is 3.16. The van der Waals surface area contributed by atoms with E-state index in [0.29, 0.717) is 12.0 Å². The normalized spacial score (nSPS) is 19.7. The number of benzene rings is 2. The van der Waals surface area contributed by atoms with Crippen LogP contribution < -0.4 is 5.32 Å². The Bertz CT molecular complexity index is 931. The maximum atomic E-state index is 14.0. The molecule has 5 heteroatoms. The lowest BCUT2D eigenvalue weighted by Crippen LogP contribution is -2.25. The highest BCUT2D eigenvalue weighted by Crippen LogP contribution is 2.40. The Kier molecular flexibility index (Phi) is 3.61. The van der Waals surface area contributed by atoms with E-state index in [9.17, 15) is 9.18 Å². The second kappa shape index (κ2) is 5.92. The summed E-state index contributed by atoms with van der Waals surface area (Å²) in [5.74, 6) is -0.228. The molecule has 24 heavy (non-hydrogen) atoms. The molecule has 1 aromatic heterocycles. The van der Waals surface area contributed by atoms with Gasteiger partial charge in [0, 0.05) is 17.9 Å². The molecule has 0 radical (unpaired) electrons. The van der Waals surface area contributed by atoms with Gasteiger partial charge in [-0.05, 0) is 28.8 Å². The van der Waals surface area contributed by atoms with Gasteiger partial charge in [-0.25, -0.2) is 4.39 Å². The van der Waals surface area contributed by atoms with Crippen molar-refractivity contribution in [2.75, 3.05) is 0 Å². The predicted molar refractivity (Wildman–Crippen MR) is 90.9 cm³/mol. The average molecular weight is 321 g/mol. The molecule has 1 aliphatic rings. The van der Waals surface area contributed by atoms with Gasteiger partial charge >= 0.3 is 0 Å². The van der Waals surface area contributed by atoms with E-state index in [-0.39, 0.29) is 11.9 Å². The van der Waals surface area contributed by atoms with Crippen molar-refractivity contribution in [2.24, 2.45) is 0 Å². The fraction of sp³-hybridized carbons (Fsp3) is 0.158. The lowest BCUT2D eigenvalue weighted by atomic mass is 10.1. The highest BCUT2D eigenvalue weighted by molar-refractivity contribution is 5.92. The molecule has 0 saturated heterocycles. The van der Waals surface area contributed by atoms with Crippen LogP contribution >= 0.6 is 0 Å². The minimum Gasteiger partial charge on any atom is -0.346 e. The molecular formula is C19H16FN3O. The molecule has 1 heterocycles. The number of aromatic amines is 1. The lowest BCUT2D eigenvalue weighted by Gasteiger charge is -2.12. The van der Waals surface area contributed by atoms with Crippen LogP contribution in [0.4, 0.5) is 4.39 Å². The number of aromatic nitrogens is 2. The van der Waals surface area contributed by atoms with Crippen molar-refractivity contribution in [1.82, 2.24) is 15.5 Å². The monoisotopic (exact) mass is 321 g/mol. The molecule has 1 amide bonds. The zero-order chi connectivity index (χ0) is 16.5. The van der Waals surface area contributed by atoms with Crippen molar-refractivity contribution in [2.45, 2.75) is 18.6 Å². The molecule has 2 aromatic carbocycles. The molecule has 0 bridgehead atoms. The summed E-state index contributed by atoms with van der Waals surface area (Å²) in [5, 5.41) is 10.8. The number of fused-ring (bicyclic) bond motifs is 2. The SMILES string of the molecule is O=C(/C=C/c1ccc2cn[nH]c2c1)N[C@@H]1C[C@@H](F)c2ccccc21. The number of halogens is 1. The van der Waals surface area contributed by atoms with Crippen LogP contribution in [-0.2, 0) is 4.79 Å². The van der Waals surface area contributed by atoms with Gasteiger partial charge < -0.3 is 5.32 Å². The summed E-state index contributed by atoms with van der Waals surface area (Å²) < 4.78 is 14.0. The quantitative estimate of drug-likeness (QED) is 0.720. The summed E-state index contributed by atoms with van der Waals surface area (Å²) in [4.78, 5) is 12.2. The van der Waals surface area contributed by atoms with Gasteiger partial charge in [-0.1, -0.05) is 36.4 Å². The molecule has 0 unspecified atom stereocenters. The largest absolute Gasteiger partial charge is 0.346 e. The second-order valence-corrected chi connectivity index (χ2v) is 5.94. The predicted octanol–water partition coefficient (Wildman–Crippen LogP) is 3.85. The molecule has 3 aromatic rings. The Hall–Kier alpha value is -2.95. The molecular weight excluding hydrogens is 305 g/mol. The van der Waals surface area contributed by atoms with Gasteiger partial charge in [0.2, 0.25) is 5.91 Å². The molecule has 4 rings (SSSR count). The minimum atomic E-state index is -1.02. The number of amides is 1. The van der Waals surface area contributed by atoms with Crippen molar-refractivity contribution < 1.29 is 9.18 Å². The second-order valence-electron chi connectivity index (χ2n) is 5.94. The molecule has 0 fully saturated rings. The number of H-pyrrole nitrogens is 1. The van der Waals surface area contributed by atoms with Gasteiger partial charge in [0.15, 0.2) is 0 Å². The van der Waals surface area contributed by atoms with Crippen LogP contribution in [0.1, 0.15) is 35.3 Å². The molecule has 120 valence electrons. The molecule has 0 aliphatic heterocycles. The maximum absolute atomic E-state index is 14.0. The summed E-state index contributed by atoms with van der Waals surface area (Å²) in [6.07, 6.45) is 4.24. The van der Waals surface area contributed by atoms with Crippen molar-refractivity contribution in [3.05, 3.63) is 71.4 Å². The number of nitrogens with zero attached hydrogens (tertiary/aromatic N) is 1. The maximum Gasteiger partial charge on any atom is 0.244 e. The van der Waals surface area contributed by atoms with Crippen LogP contribution in [0.5, 0.6) is 0 Å². The number of carbonyl (C=O) groups excluding carboxylic acids is 1. The van der Waals surface area contributed by atoms with Crippen LogP contribution in [0.2, 0.25) is 0 Å². The van der Waals surface area contributed by atoms with Crippen molar-refractivity contribution >= 4 is 22.9 Å². The highest BCUT2D eigenvalue weighted by Gasteiger charge is 2.30. The minimum absolute atomic E-state index is 0.228. The van der Waals surface area contributed by atoms with Crippen molar-refractivity contribution in [3.63, 3.8) is 0 Å². The van der Waals surface area contributed by atoms with E-state index >= 15 is 0 Å². The highest BCUT2D eigenvalue weighted by atomic mass is 19.1. The number of nitrogens with one attached hydrogen (secondary N) is 2. The van der Waals surface area contributed by atoms with Crippen LogP contribution in [0.15, 0.2) is 54.7 Å². The summed E-state index contributed by atoms with van der Waals surface area (Å²) >= 11 is 0. The molecule has 4 nitrogen and oxygen atoms in total. The summed E-state index contributed by atoms with van der Waals surface area (Å²) in [7, 11) is 0. The molecule has 0 spiro atoms. The van der Waals surface area contributed by atoms with Crippen molar-refractivity contribution in [3.8, 4) is 0 Å². The van der Waals surface area contributed by atoms with E-state index in [1.54, 1.807) is 18.3 Å². The Morgan fingerprint density at radius 3 is 2.96 bits per heavy atom. The standard InChI is InChI=1S/C19H16FN3O/c20-16-10-18(15-4-2-1-3-14(15)16)22-19(24)8-6-12-5-7-13-11-21-23-17(13)9-12/h1-9,11,16,18H,10H2,(H,21,23)(H,22,24)/b8-6+/t16-,18-/m1/s1. The topological polar surface area (TPSA) is 57.8 Å². The van der Waals surface area contributed by atoms with E-state index in [1.165, 1.54) is 6.08 Å². The number of hydrogen-bond donors (Lipinski definition) is 2. The first kappa shape index (κ1) is 14.6. The van der Waals surface area contributed by atoms with Crippen LogP contribution in [0.3, 0.4) is 0 Å². The number of hydrogen-bond acceptors (Lipinski definition) is 2. The van der Waals surface area contributed by atoms with E-state index in [1.807, 2.05) is 36.4 Å². The van der Waals surface area contributed by atoms with E-state index in [4.69, 9.17) is 0 Å². The summed E-state index contributed by atoms with van der Waals surface area (Å²) in [6, 6.07) is 12.9. The number of carbonyl (C=O) groups is 1. The first-order valence-corrected chi connectivity index (χ1v) is 7.85. The van der Waals surface area contributed by atoms with Gasteiger partial charge in [-0.2, -0.15) is 5.10 Å². The number of rotatable bonds is 3. The molecule has 0 saturated carbocycles. The molecule has 1 aliphatic carbocycles. The van der Waals surface area contributed by atoms with Crippen LogP contribution in [0, 0.1) is 0 Å². The van der Waals surface area contributed by atoms with Gasteiger partial charge in [-0.3, -0.25) is 9.89 Å². The fourth-order valence-corrected chi connectivity index (χ4v) is 3.16.